The Morgan fingerprint density at radius 1 is 1.43 bits per heavy atom. The number of aliphatic hydroxyl groups is 2. The maximum absolute atomic E-state index is 11.9. The Labute approximate surface area is 134 Å². The number of esters is 1. The lowest BCUT2D eigenvalue weighted by atomic mass is 9.67. The number of methoxy groups -OCH3 is 1. The monoisotopic (exact) mass is 320 g/mol. The van der Waals surface area contributed by atoms with Crippen LogP contribution < -0.4 is 0 Å². The molecule has 1 aliphatic carbocycles. The van der Waals surface area contributed by atoms with E-state index in [9.17, 15) is 19.8 Å². The summed E-state index contributed by atoms with van der Waals surface area (Å²) in [4.78, 5) is 23.0. The second kappa shape index (κ2) is 6.52. The molecule has 6 heteroatoms. The van der Waals surface area contributed by atoms with E-state index in [1.54, 1.807) is 0 Å². The van der Waals surface area contributed by atoms with Gasteiger partial charge in [0.1, 0.15) is 5.60 Å². The third-order valence-corrected chi connectivity index (χ3v) is 4.46. The Morgan fingerprint density at radius 2 is 2.13 bits per heavy atom. The van der Waals surface area contributed by atoms with Gasteiger partial charge in [0.05, 0.1) is 24.7 Å². The van der Waals surface area contributed by atoms with Crippen molar-refractivity contribution in [2.45, 2.75) is 24.5 Å². The molecule has 0 aliphatic heterocycles. The molecular weight excluding hydrogens is 300 g/mol. The van der Waals surface area contributed by atoms with Crippen LogP contribution in [-0.4, -0.2) is 40.5 Å². The van der Waals surface area contributed by atoms with Crippen molar-refractivity contribution in [3.8, 4) is 0 Å². The normalized spacial score (nSPS) is 30.5. The zero-order chi connectivity index (χ0) is 17.2. The lowest BCUT2D eigenvalue weighted by Crippen LogP contribution is -2.51. The highest BCUT2D eigenvalue weighted by Gasteiger charge is 2.49. The topological polar surface area (TPSA) is 104 Å². The molecule has 4 unspecified atom stereocenters. The molecule has 0 radical (unpaired) electrons. The Balaban J connectivity index is 2.46. The molecule has 23 heavy (non-hydrogen) atoms. The number of aliphatic hydroxyl groups excluding tert-OH is 1. The minimum Gasteiger partial charge on any atom is -0.478 e. The highest BCUT2D eigenvalue weighted by molar-refractivity contribution is 5.87. The van der Waals surface area contributed by atoms with Crippen LogP contribution in [0.5, 0.6) is 0 Å². The Kier molecular flexibility index (Phi) is 4.87. The molecule has 0 spiro atoms. The number of carbonyl (C=O) groups excluding carboxylic acids is 1. The standard InChI is InChI=1S/C17H20O6/c1-3-10-7-12(16(21)23-2)9-17(22,14(10)18)13-6-4-5-11(8-13)15(19)20/h3-6,8,10,12,14,18,22H,1,7,9H2,2H3,(H,19,20). The van der Waals surface area contributed by atoms with Crippen LogP contribution in [0, 0.1) is 11.8 Å². The zero-order valence-electron chi connectivity index (χ0n) is 12.8. The van der Waals surface area contributed by atoms with Gasteiger partial charge >= 0.3 is 11.9 Å². The predicted molar refractivity (Wildman–Crippen MR) is 81.7 cm³/mol. The first-order valence-corrected chi connectivity index (χ1v) is 7.28. The second-order valence-electron chi connectivity index (χ2n) is 5.81. The van der Waals surface area contributed by atoms with Crippen LogP contribution in [0.1, 0.15) is 28.8 Å². The van der Waals surface area contributed by atoms with Gasteiger partial charge in [-0.2, -0.15) is 0 Å². The highest BCUT2D eigenvalue weighted by atomic mass is 16.5. The Hall–Kier alpha value is -2.18. The molecule has 124 valence electrons. The van der Waals surface area contributed by atoms with Crippen molar-refractivity contribution >= 4 is 11.9 Å². The van der Waals surface area contributed by atoms with Crippen LogP contribution in [0.15, 0.2) is 36.9 Å². The summed E-state index contributed by atoms with van der Waals surface area (Å²) in [5.74, 6) is -2.72. The van der Waals surface area contributed by atoms with Crippen molar-refractivity contribution in [3.63, 3.8) is 0 Å². The first-order valence-electron chi connectivity index (χ1n) is 7.28. The number of hydrogen-bond donors (Lipinski definition) is 3. The van der Waals surface area contributed by atoms with E-state index in [1.807, 2.05) is 0 Å². The molecule has 1 saturated carbocycles. The summed E-state index contributed by atoms with van der Waals surface area (Å²) in [6, 6.07) is 5.74. The smallest absolute Gasteiger partial charge is 0.335 e. The number of rotatable bonds is 4. The fourth-order valence-corrected chi connectivity index (χ4v) is 3.17. The molecule has 0 heterocycles. The van der Waals surface area contributed by atoms with Crippen molar-refractivity contribution in [3.05, 3.63) is 48.0 Å². The van der Waals surface area contributed by atoms with Crippen molar-refractivity contribution in [2.75, 3.05) is 7.11 Å². The number of hydrogen-bond acceptors (Lipinski definition) is 5. The van der Waals surface area contributed by atoms with Crippen LogP contribution in [0.2, 0.25) is 0 Å². The van der Waals surface area contributed by atoms with Gasteiger partial charge in [-0.25, -0.2) is 4.79 Å². The molecule has 4 atom stereocenters. The van der Waals surface area contributed by atoms with Crippen molar-refractivity contribution in [1.29, 1.82) is 0 Å². The first-order chi connectivity index (χ1) is 10.8. The van der Waals surface area contributed by atoms with Crippen LogP contribution >= 0.6 is 0 Å². The van der Waals surface area contributed by atoms with Gasteiger partial charge in [-0.15, -0.1) is 6.58 Å². The minimum absolute atomic E-state index is 0.00142. The Bertz CT molecular complexity index is 625. The van der Waals surface area contributed by atoms with E-state index in [2.05, 4.69) is 6.58 Å². The van der Waals surface area contributed by atoms with Crippen LogP contribution in [-0.2, 0) is 15.1 Å². The lowest BCUT2D eigenvalue weighted by Gasteiger charge is -2.44. The largest absolute Gasteiger partial charge is 0.478 e. The van der Waals surface area contributed by atoms with Crippen LogP contribution in [0.3, 0.4) is 0 Å². The number of carboxylic acid groups (broad SMARTS) is 1. The maximum atomic E-state index is 11.9. The molecule has 0 aromatic heterocycles. The molecule has 6 nitrogen and oxygen atoms in total. The molecular formula is C17H20O6. The van der Waals surface area contributed by atoms with Gasteiger partial charge in [0.25, 0.3) is 0 Å². The molecule has 1 aromatic rings. The van der Waals surface area contributed by atoms with E-state index in [1.165, 1.54) is 37.5 Å². The number of benzene rings is 1. The lowest BCUT2D eigenvalue weighted by molar-refractivity contribution is -0.166. The van der Waals surface area contributed by atoms with E-state index in [0.29, 0.717) is 6.42 Å². The number of ether oxygens (including phenoxy) is 1. The van der Waals surface area contributed by atoms with E-state index in [0.717, 1.165) is 0 Å². The molecule has 0 bridgehead atoms. The second-order valence-corrected chi connectivity index (χ2v) is 5.81. The summed E-state index contributed by atoms with van der Waals surface area (Å²) in [6.07, 6.45) is 0.572. The van der Waals surface area contributed by atoms with E-state index >= 15 is 0 Å². The van der Waals surface area contributed by atoms with Gasteiger partial charge in [-0.3, -0.25) is 4.79 Å². The van der Waals surface area contributed by atoms with Gasteiger partial charge in [0.2, 0.25) is 0 Å². The number of carboxylic acids is 1. The fraction of sp³-hybridized carbons (Fsp3) is 0.412. The summed E-state index contributed by atoms with van der Waals surface area (Å²) in [5, 5.41) is 30.7. The first kappa shape index (κ1) is 17.2. The Morgan fingerprint density at radius 3 is 2.70 bits per heavy atom. The number of carbonyl (C=O) groups is 2. The van der Waals surface area contributed by atoms with Gasteiger partial charge in [0.15, 0.2) is 0 Å². The van der Waals surface area contributed by atoms with Gasteiger partial charge in [-0.05, 0) is 30.5 Å². The van der Waals surface area contributed by atoms with Crippen LogP contribution in [0.25, 0.3) is 0 Å². The van der Waals surface area contributed by atoms with Crippen LogP contribution in [0.4, 0.5) is 0 Å². The van der Waals surface area contributed by atoms with E-state index < -0.39 is 35.5 Å². The van der Waals surface area contributed by atoms with Crippen molar-refractivity contribution in [2.24, 2.45) is 11.8 Å². The zero-order valence-corrected chi connectivity index (χ0v) is 12.8. The van der Waals surface area contributed by atoms with Crippen molar-refractivity contribution in [1.82, 2.24) is 0 Å². The summed E-state index contributed by atoms with van der Waals surface area (Å²) in [5.41, 5.74) is -1.50. The SMILES string of the molecule is C=CC1CC(C(=O)OC)CC(O)(c2cccc(C(=O)O)c2)C1O. The molecule has 3 N–H and O–H groups in total. The third-order valence-electron chi connectivity index (χ3n) is 4.46. The third kappa shape index (κ3) is 3.13. The van der Waals surface area contributed by atoms with Crippen molar-refractivity contribution < 1.29 is 29.6 Å². The minimum atomic E-state index is -1.75. The van der Waals surface area contributed by atoms with Gasteiger partial charge < -0.3 is 20.1 Å². The average molecular weight is 320 g/mol. The summed E-state index contributed by atoms with van der Waals surface area (Å²) >= 11 is 0. The van der Waals surface area contributed by atoms with Gasteiger partial charge in [-0.1, -0.05) is 18.2 Å². The molecule has 0 amide bonds. The average Bonchev–Trinajstić information content (AvgIpc) is 2.56. The molecule has 1 aromatic carbocycles. The predicted octanol–water partition coefficient (Wildman–Crippen LogP) is 1.32. The van der Waals surface area contributed by atoms with E-state index in [-0.39, 0.29) is 17.5 Å². The van der Waals surface area contributed by atoms with Gasteiger partial charge in [0, 0.05) is 5.92 Å². The van der Waals surface area contributed by atoms with E-state index in [4.69, 9.17) is 9.84 Å². The highest BCUT2D eigenvalue weighted by Crippen LogP contribution is 2.44. The maximum Gasteiger partial charge on any atom is 0.335 e. The molecule has 1 fully saturated rings. The molecule has 0 saturated heterocycles. The molecule has 2 rings (SSSR count). The molecule has 1 aliphatic rings. The number of aromatic carboxylic acids is 1. The summed E-state index contributed by atoms with van der Waals surface area (Å²) in [7, 11) is 1.26. The quantitative estimate of drug-likeness (QED) is 0.571. The fourth-order valence-electron chi connectivity index (χ4n) is 3.17. The summed E-state index contributed by atoms with van der Waals surface area (Å²) < 4.78 is 4.75. The summed E-state index contributed by atoms with van der Waals surface area (Å²) in [6.45, 7) is 3.64.